The molecule has 2 rings (SSSR count). The fraction of sp³-hybridized carbons (Fsp3) is 0.818. The number of rotatable bonds is 0. The van der Waals surface area contributed by atoms with Crippen molar-refractivity contribution in [2.24, 2.45) is 7.05 Å². The fourth-order valence-electron chi connectivity index (χ4n) is 1.06. The molecule has 106 valence electrons. The Bertz CT molecular complexity index is 485. The van der Waals surface area contributed by atoms with Crippen molar-refractivity contribution in [1.29, 1.82) is 0 Å². The molecule has 0 saturated carbocycles. The molecule has 0 aliphatic heterocycles. The molecule has 8 nitrogen and oxygen atoms in total. The Labute approximate surface area is 113 Å². The highest BCUT2D eigenvalue weighted by molar-refractivity contribution is 4.96. The van der Waals surface area contributed by atoms with Gasteiger partial charge in [-0.05, 0) is 5.21 Å². The van der Waals surface area contributed by atoms with Crippen LogP contribution in [0.5, 0.6) is 0 Å². The Hall–Kier alpha value is -1.86. The zero-order valence-corrected chi connectivity index (χ0v) is 12.6. The normalized spacial score (nSPS) is 11.9. The van der Waals surface area contributed by atoms with Gasteiger partial charge in [-0.2, -0.15) is 10.0 Å². The lowest BCUT2D eigenvalue weighted by atomic mass is 9.96. The Morgan fingerprint density at radius 1 is 0.895 bits per heavy atom. The van der Waals surface area contributed by atoms with Crippen LogP contribution in [-0.4, -0.2) is 40.8 Å². The predicted octanol–water partition coefficient (Wildman–Crippen LogP) is 1.00. The summed E-state index contributed by atoms with van der Waals surface area (Å²) in [6.45, 7) is 12.3. The SMILES string of the molecule is CC(C)(C)c1nn[nH]n1.Cn1nnc(C(C)(C)C)n1. The molecule has 1 N–H and O–H groups in total. The summed E-state index contributed by atoms with van der Waals surface area (Å²) in [6.07, 6.45) is 0. The maximum Gasteiger partial charge on any atom is 0.180 e. The third kappa shape index (κ3) is 4.72. The average Bonchev–Trinajstić information content (AvgIpc) is 2.84. The lowest BCUT2D eigenvalue weighted by molar-refractivity contribution is 0.538. The monoisotopic (exact) mass is 266 g/mol. The van der Waals surface area contributed by atoms with Gasteiger partial charge in [0, 0.05) is 10.8 Å². The molecule has 8 heteroatoms. The van der Waals surface area contributed by atoms with Gasteiger partial charge in [0.2, 0.25) is 0 Å². The number of tetrazole rings is 2. The molecule has 0 fully saturated rings. The molecule has 0 amide bonds. The van der Waals surface area contributed by atoms with E-state index in [1.165, 1.54) is 4.80 Å². The van der Waals surface area contributed by atoms with Gasteiger partial charge in [0.15, 0.2) is 11.6 Å². The van der Waals surface area contributed by atoms with E-state index < -0.39 is 0 Å². The maximum atomic E-state index is 4.08. The number of aromatic amines is 1. The first-order chi connectivity index (χ1) is 8.60. The van der Waals surface area contributed by atoms with Crippen LogP contribution in [0, 0.1) is 0 Å². The van der Waals surface area contributed by atoms with Crippen LogP contribution in [0.3, 0.4) is 0 Å². The van der Waals surface area contributed by atoms with Gasteiger partial charge in [-0.25, -0.2) is 0 Å². The van der Waals surface area contributed by atoms with E-state index in [2.05, 4.69) is 56.8 Å². The maximum absolute atomic E-state index is 4.08. The summed E-state index contributed by atoms with van der Waals surface area (Å²) in [4.78, 5) is 1.47. The lowest BCUT2D eigenvalue weighted by Gasteiger charge is -2.10. The van der Waals surface area contributed by atoms with Crippen LogP contribution in [0.2, 0.25) is 0 Å². The Morgan fingerprint density at radius 3 is 1.68 bits per heavy atom. The van der Waals surface area contributed by atoms with Crippen LogP contribution in [0.4, 0.5) is 0 Å². The van der Waals surface area contributed by atoms with Crippen LogP contribution in [0.15, 0.2) is 0 Å². The van der Waals surface area contributed by atoms with Crippen LogP contribution >= 0.6 is 0 Å². The topological polar surface area (TPSA) is 98.1 Å². The molecule has 2 aromatic rings. The van der Waals surface area contributed by atoms with Gasteiger partial charge < -0.3 is 0 Å². The van der Waals surface area contributed by atoms with Crippen molar-refractivity contribution in [3.05, 3.63) is 11.6 Å². The largest absolute Gasteiger partial charge is 0.180 e. The van der Waals surface area contributed by atoms with E-state index in [-0.39, 0.29) is 10.8 Å². The summed E-state index contributed by atoms with van der Waals surface area (Å²) in [5.41, 5.74) is 0.0151. The van der Waals surface area contributed by atoms with Crippen molar-refractivity contribution in [3.63, 3.8) is 0 Å². The minimum Gasteiger partial charge on any atom is -0.177 e. The molecule has 0 radical (unpaired) electrons. The molecule has 2 heterocycles. The average molecular weight is 266 g/mol. The molecule has 0 aliphatic carbocycles. The van der Waals surface area contributed by atoms with Crippen LogP contribution in [-0.2, 0) is 17.9 Å². The molecule has 0 spiro atoms. The number of aryl methyl sites for hydroxylation is 1. The molecule has 0 aliphatic rings. The van der Waals surface area contributed by atoms with Crippen molar-refractivity contribution in [1.82, 2.24) is 40.8 Å². The number of hydrogen-bond acceptors (Lipinski definition) is 6. The second-order valence-corrected chi connectivity index (χ2v) is 6.34. The third-order valence-electron chi connectivity index (χ3n) is 2.20. The molecule has 0 unspecified atom stereocenters. The van der Waals surface area contributed by atoms with Gasteiger partial charge in [0.25, 0.3) is 0 Å². The lowest BCUT2D eigenvalue weighted by Crippen LogP contribution is -2.13. The molecule has 0 aromatic carbocycles. The number of H-pyrrole nitrogens is 1. The van der Waals surface area contributed by atoms with Gasteiger partial charge in [-0.1, -0.05) is 46.8 Å². The Balaban J connectivity index is 0.000000191. The quantitative estimate of drug-likeness (QED) is 0.764. The minimum atomic E-state index is 0.00694. The summed E-state index contributed by atoms with van der Waals surface area (Å²) >= 11 is 0. The molecule has 0 bridgehead atoms. The number of nitrogens with one attached hydrogen (secondary N) is 1. The molecular weight excluding hydrogens is 244 g/mol. The van der Waals surface area contributed by atoms with Crippen LogP contribution in [0.25, 0.3) is 0 Å². The Kier molecular flexibility index (Phi) is 4.33. The van der Waals surface area contributed by atoms with Gasteiger partial charge >= 0.3 is 0 Å². The first-order valence-corrected chi connectivity index (χ1v) is 6.09. The zero-order chi connectivity index (χ0) is 14.7. The molecule has 0 saturated heterocycles. The smallest absolute Gasteiger partial charge is 0.177 e. The number of aromatic nitrogens is 8. The van der Waals surface area contributed by atoms with Crippen molar-refractivity contribution in [2.75, 3.05) is 0 Å². The third-order valence-corrected chi connectivity index (χ3v) is 2.20. The van der Waals surface area contributed by atoms with Gasteiger partial charge in [0.05, 0.1) is 7.05 Å². The zero-order valence-electron chi connectivity index (χ0n) is 12.6. The van der Waals surface area contributed by atoms with E-state index in [0.717, 1.165) is 11.6 Å². The van der Waals surface area contributed by atoms with Crippen molar-refractivity contribution in [3.8, 4) is 0 Å². The van der Waals surface area contributed by atoms with E-state index in [0.29, 0.717) is 0 Å². The molecule has 0 atom stereocenters. The van der Waals surface area contributed by atoms with Gasteiger partial charge in [-0.3, -0.25) is 0 Å². The van der Waals surface area contributed by atoms with Crippen molar-refractivity contribution < 1.29 is 0 Å². The highest BCUT2D eigenvalue weighted by Gasteiger charge is 2.19. The highest BCUT2D eigenvalue weighted by Crippen LogP contribution is 2.15. The summed E-state index contributed by atoms with van der Waals surface area (Å²) in [5, 5.41) is 25.2. The summed E-state index contributed by atoms with van der Waals surface area (Å²) in [6, 6.07) is 0. The summed E-state index contributed by atoms with van der Waals surface area (Å²) < 4.78 is 0. The van der Waals surface area contributed by atoms with Crippen molar-refractivity contribution in [2.45, 2.75) is 52.4 Å². The second kappa shape index (κ2) is 5.41. The van der Waals surface area contributed by atoms with Gasteiger partial charge in [-0.15, -0.1) is 20.4 Å². The van der Waals surface area contributed by atoms with E-state index in [1.54, 1.807) is 7.05 Å². The van der Waals surface area contributed by atoms with Crippen molar-refractivity contribution >= 4 is 0 Å². The summed E-state index contributed by atoms with van der Waals surface area (Å²) in [7, 11) is 1.77. The van der Waals surface area contributed by atoms with Crippen LogP contribution in [0.1, 0.15) is 53.2 Å². The molecule has 2 aromatic heterocycles. The highest BCUT2D eigenvalue weighted by atomic mass is 15.6. The van der Waals surface area contributed by atoms with E-state index in [9.17, 15) is 0 Å². The van der Waals surface area contributed by atoms with Crippen LogP contribution < -0.4 is 0 Å². The Morgan fingerprint density at radius 2 is 1.47 bits per heavy atom. The fourth-order valence-corrected chi connectivity index (χ4v) is 1.06. The second-order valence-electron chi connectivity index (χ2n) is 6.34. The van der Waals surface area contributed by atoms with E-state index in [1.807, 2.05) is 20.8 Å². The number of nitrogens with zero attached hydrogens (tertiary/aromatic N) is 7. The standard InChI is InChI=1S/C6H12N4.C5H10N4/c1-6(2,3)5-7-9-10(4)8-5;1-5(2,3)4-6-8-9-7-4/h1-4H3;1-3H3,(H,6,7,8,9). The van der Waals surface area contributed by atoms with E-state index >= 15 is 0 Å². The predicted molar refractivity (Wildman–Crippen MR) is 70.4 cm³/mol. The molecular formula is C11H22N8. The van der Waals surface area contributed by atoms with E-state index in [4.69, 9.17) is 0 Å². The first kappa shape index (κ1) is 15.2. The van der Waals surface area contributed by atoms with Gasteiger partial charge in [0.1, 0.15) is 0 Å². The number of hydrogen-bond donors (Lipinski definition) is 1. The minimum absolute atomic E-state index is 0.00694. The summed E-state index contributed by atoms with van der Waals surface area (Å²) in [5.74, 6) is 1.54. The molecule has 19 heavy (non-hydrogen) atoms. The first-order valence-electron chi connectivity index (χ1n) is 6.09.